The van der Waals surface area contributed by atoms with Crippen LogP contribution in [0.4, 0.5) is 0 Å². The maximum atomic E-state index is 6.21. The number of nitrogens with two attached hydrogens (primary N) is 1. The zero-order valence-corrected chi connectivity index (χ0v) is 19.5. The maximum Gasteiger partial charge on any atom is 0.189 e. The SMILES string of the molecule is CCOC1CC(NC(N)=NCc2ccc(OC)c(OC)c2)C12CCCCC2.I. The van der Waals surface area contributed by atoms with Crippen molar-refractivity contribution >= 4 is 29.9 Å². The molecule has 2 aliphatic carbocycles. The minimum Gasteiger partial charge on any atom is -0.493 e. The van der Waals surface area contributed by atoms with Gasteiger partial charge >= 0.3 is 0 Å². The van der Waals surface area contributed by atoms with Crippen molar-refractivity contribution in [3.63, 3.8) is 0 Å². The molecule has 0 aromatic heterocycles. The molecule has 3 rings (SSSR count). The van der Waals surface area contributed by atoms with Crippen LogP contribution in [-0.4, -0.2) is 38.9 Å². The summed E-state index contributed by atoms with van der Waals surface area (Å²) in [5.41, 5.74) is 7.48. The van der Waals surface area contributed by atoms with Crippen molar-refractivity contribution < 1.29 is 14.2 Å². The maximum absolute atomic E-state index is 6.21. The Morgan fingerprint density at radius 2 is 1.89 bits per heavy atom. The average molecular weight is 503 g/mol. The van der Waals surface area contributed by atoms with Gasteiger partial charge in [-0.3, -0.25) is 0 Å². The molecule has 7 heteroatoms. The van der Waals surface area contributed by atoms with Gasteiger partial charge in [-0.05, 0) is 43.9 Å². The van der Waals surface area contributed by atoms with Gasteiger partial charge in [-0.15, -0.1) is 24.0 Å². The van der Waals surface area contributed by atoms with E-state index in [9.17, 15) is 0 Å². The number of nitrogens with one attached hydrogen (secondary N) is 1. The van der Waals surface area contributed by atoms with Crippen LogP contribution in [0.2, 0.25) is 0 Å². The number of methoxy groups -OCH3 is 2. The third-order valence-electron chi connectivity index (χ3n) is 6.14. The highest BCUT2D eigenvalue weighted by Gasteiger charge is 2.55. The zero-order valence-electron chi connectivity index (χ0n) is 17.2. The van der Waals surface area contributed by atoms with Gasteiger partial charge < -0.3 is 25.3 Å². The van der Waals surface area contributed by atoms with Crippen LogP contribution in [0.5, 0.6) is 11.5 Å². The molecule has 28 heavy (non-hydrogen) atoms. The summed E-state index contributed by atoms with van der Waals surface area (Å²) in [6.45, 7) is 3.37. The standard InChI is InChI=1S/C21H33N3O3.HI/c1-4-27-19-13-18(21(19)10-6-5-7-11-21)24-20(22)23-14-15-8-9-16(25-2)17(12-15)26-3;/h8-9,12,18-19H,4-7,10-11,13-14H2,1-3H3,(H3,22,23,24);1H. The molecule has 2 saturated carbocycles. The fourth-order valence-electron chi connectivity index (χ4n) is 4.65. The first-order chi connectivity index (χ1) is 13.1. The van der Waals surface area contributed by atoms with E-state index in [-0.39, 0.29) is 29.4 Å². The van der Waals surface area contributed by atoms with Gasteiger partial charge in [-0.2, -0.15) is 0 Å². The topological polar surface area (TPSA) is 78.1 Å². The zero-order chi connectivity index (χ0) is 19.3. The Kier molecular flexibility index (Phi) is 8.67. The number of aliphatic imine (C=N–C) groups is 1. The smallest absolute Gasteiger partial charge is 0.189 e. The van der Waals surface area contributed by atoms with Crippen LogP contribution >= 0.6 is 24.0 Å². The van der Waals surface area contributed by atoms with Crippen LogP contribution in [0, 0.1) is 5.41 Å². The molecule has 2 fully saturated rings. The number of halogens is 1. The Morgan fingerprint density at radius 3 is 2.54 bits per heavy atom. The van der Waals surface area contributed by atoms with Gasteiger partial charge in [0.1, 0.15) is 0 Å². The number of nitrogens with zero attached hydrogens (tertiary/aromatic N) is 1. The molecule has 6 nitrogen and oxygen atoms in total. The fourth-order valence-corrected chi connectivity index (χ4v) is 4.65. The molecule has 0 bridgehead atoms. The molecule has 0 aliphatic heterocycles. The van der Waals surface area contributed by atoms with Crippen molar-refractivity contribution in [1.29, 1.82) is 0 Å². The van der Waals surface area contributed by atoms with Gasteiger partial charge in [-0.1, -0.05) is 25.3 Å². The van der Waals surface area contributed by atoms with E-state index in [4.69, 9.17) is 19.9 Å². The summed E-state index contributed by atoms with van der Waals surface area (Å²) in [6, 6.07) is 6.17. The summed E-state index contributed by atoms with van der Waals surface area (Å²) in [7, 11) is 3.27. The molecular weight excluding hydrogens is 469 g/mol. The van der Waals surface area contributed by atoms with E-state index in [0.29, 0.717) is 36.1 Å². The third kappa shape index (κ3) is 4.84. The highest BCUT2D eigenvalue weighted by molar-refractivity contribution is 14.0. The highest BCUT2D eigenvalue weighted by atomic mass is 127. The van der Waals surface area contributed by atoms with Gasteiger partial charge in [-0.25, -0.2) is 4.99 Å². The van der Waals surface area contributed by atoms with E-state index in [1.165, 1.54) is 32.1 Å². The number of benzene rings is 1. The Hall–Kier alpha value is -1.22. The molecule has 2 atom stereocenters. The number of ether oxygens (including phenoxy) is 3. The second kappa shape index (κ2) is 10.5. The molecule has 0 radical (unpaired) electrons. The minimum absolute atomic E-state index is 0. The van der Waals surface area contributed by atoms with Crippen molar-refractivity contribution in [3.05, 3.63) is 23.8 Å². The lowest BCUT2D eigenvalue weighted by atomic mass is 9.55. The molecule has 158 valence electrons. The number of hydrogen-bond acceptors (Lipinski definition) is 4. The van der Waals surface area contributed by atoms with E-state index in [0.717, 1.165) is 18.6 Å². The summed E-state index contributed by atoms with van der Waals surface area (Å²) in [5, 5.41) is 3.48. The van der Waals surface area contributed by atoms with Crippen molar-refractivity contribution in [2.24, 2.45) is 16.1 Å². The quantitative estimate of drug-likeness (QED) is 0.336. The fraction of sp³-hybridized carbons (Fsp3) is 0.667. The summed E-state index contributed by atoms with van der Waals surface area (Å²) in [6.07, 6.45) is 7.71. The highest BCUT2D eigenvalue weighted by Crippen LogP contribution is 2.53. The van der Waals surface area contributed by atoms with E-state index in [2.05, 4.69) is 17.2 Å². The molecule has 2 aliphatic rings. The predicted molar refractivity (Wildman–Crippen MR) is 123 cm³/mol. The lowest BCUT2D eigenvalue weighted by Crippen LogP contribution is -2.66. The number of hydrogen-bond donors (Lipinski definition) is 2. The average Bonchev–Trinajstić information content (AvgIpc) is 2.71. The molecule has 0 saturated heterocycles. The lowest BCUT2D eigenvalue weighted by Gasteiger charge is -2.57. The van der Waals surface area contributed by atoms with Crippen molar-refractivity contribution in [1.82, 2.24) is 5.32 Å². The molecule has 1 aromatic carbocycles. The van der Waals surface area contributed by atoms with Gasteiger partial charge in [0.15, 0.2) is 17.5 Å². The number of guanidine groups is 1. The van der Waals surface area contributed by atoms with Gasteiger partial charge in [0.2, 0.25) is 0 Å². The van der Waals surface area contributed by atoms with Crippen molar-refractivity contribution in [3.8, 4) is 11.5 Å². The number of rotatable bonds is 7. The van der Waals surface area contributed by atoms with E-state index in [1.54, 1.807) is 14.2 Å². The largest absolute Gasteiger partial charge is 0.493 e. The van der Waals surface area contributed by atoms with Gasteiger partial charge in [0, 0.05) is 18.1 Å². The van der Waals surface area contributed by atoms with Crippen LogP contribution in [0.3, 0.4) is 0 Å². The minimum atomic E-state index is 0. The second-order valence-electron chi connectivity index (χ2n) is 7.56. The molecular formula is C21H34IN3O3. The molecule has 3 N–H and O–H groups in total. The summed E-state index contributed by atoms with van der Waals surface area (Å²) < 4.78 is 16.6. The Bertz CT molecular complexity index is 662. The lowest BCUT2D eigenvalue weighted by molar-refractivity contribution is -0.145. The van der Waals surface area contributed by atoms with E-state index >= 15 is 0 Å². The normalized spacial score (nSPS) is 23.5. The van der Waals surface area contributed by atoms with Crippen LogP contribution in [0.1, 0.15) is 51.0 Å². The second-order valence-corrected chi connectivity index (χ2v) is 7.56. The molecule has 0 heterocycles. The summed E-state index contributed by atoms with van der Waals surface area (Å²) in [4.78, 5) is 4.54. The van der Waals surface area contributed by atoms with Crippen molar-refractivity contribution in [2.45, 2.75) is 64.1 Å². The molecule has 2 unspecified atom stereocenters. The third-order valence-corrected chi connectivity index (χ3v) is 6.14. The molecule has 1 aromatic rings. The summed E-state index contributed by atoms with van der Waals surface area (Å²) in [5.74, 6) is 1.93. The van der Waals surface area contributed by atoms with Gasteiger partial charge in [0.25, 0.3) is 0 Å². The van der Waals surface area contributed by atoms with Gasteiger partial charge in [0.05, 0.1) is 26.9 Å². The van der Waals surface area contributed by atoms with E-state index in [1.807, 2.05) is 18.2 Å². The predicted octanol–water partition coefficient (Wildman–Crippen LogP) is 3.85. The van der Waals surface area contributed by atoms with Crippen LogP contribution in [-0.2, 0) is 11.3 Å². The molecule has 1 spiro atoms. The van der Waals surface area contributed by atoms with Crippen molar-refractivity contribution in [2.75, 3.05) is 20.8 Å². The van der Waals surface area contributed by atoms with E-state index < -0.39 is 0 Å². The molecule has 0 amide bonds. The Balaban J connectivity index is 0.00000280. The first kappa shape index (κ1) is 23.1. The first-order valence-electron chi connectivity index (χ1n) is 10.0. The Labute approximate surface area is 185 Å². The van der Waals surface area contributed by atoms with Crippen LogP contribution in [0.25, 0.3) is 0 Å². The monoisotopic (exact) mass is 503 g/mol. The summed E-state index contributed by atoms with van der Waals surface area (Å²) >= 11 is 0. The van der Waals surface area contributed by atoms with Crippen LogP contribution < -0.4 is 20.5 Å². The Morgan fingerprint density at radius 1 is 1.18 bits per heavy atom. The van der Waals surface area contributed by atoms with Crippen LogP contribution in [0.15, 0.2) is 23.2 Å². The first-order valence-corrected chi connectivity index (χ1v) is 10.0.